The van der Waals surface area contributed by atoms with E-state index in [1.165, 1.54) is 12.1 Å². The molecular formula is C21H26N6O2. The second kappa shape index (κ2) is 6.19. The van der Waals surface area contributed by atoms with Crippen LogP contribution in [0.4, 0.5) is 11.6 Å². The highest BCUT2D eigenvalue weighted by atomic mass is 16.5. The first-order valence-electron chi connectivity index (χ1n) is 10.6. The third-order valence-corrected chi connectivity index (χ3v) is 6.68. The van der Waals surface area contributed by atoms with Crippen molar-refractivity contribution in [2.45, 2.75) is 50.7 Å². The Labute approximate surface area is 168 Å². The molecule has 4 atom stereocenters. The van der Waals surface area contributed by atoms with Crippen molar-refractivity contribution in [1.82, 2.24) is 24.3 Å². The van der Waals surface area contributed by atoms with Crippen LogP contribution in [0.3, 0.4) is 0 Å². The van der Waals surface area contributed by atoms with E-state index in [0.29, 0.717) is 36.2 Å². The molecule has 3 fully saturated rings. The van der Waals surface area contributed by atoms with E-state index >= 15 is 0 Å². The Hall–Kier alpha value is -2.61. The van der Waals surface area contributed by atoms with Crippen molar-refractivity contribution in [3.63, 3.8) is 0 Å². The molecular weight excluding hydrogens is 368 g/mol. The van der Waals surface area contributed by atoms with Gasteiger partial charge in [0.2, 0.25) is 11.8 Å². The van der Waals surface area contributed by atoms with Crippen molar-refractivity contribution in [3.8, 4) is 5.88 Å². The van der Waals surface area contributed by atoms with Gasteiger partial charge in [-0.15, -0.1) is 0 Å². The molecule has 0 saturated heterocycles. The van der Waals surface area contributed by atoms with Gasteiger partial charge in [-0.1, -0.05) is 0 Å². The molecule has 0 amide bonds. The fourth-order valence-corrected chi connectivity index (χ4v) is 4.97. The molecule has 152 valence electrons. The minimum absolute atomic E-state index is 0.0974. The van der Waals surface area contributed by atoms with Crippen LogP contribution in [-0.4, -0.2) is 42.1 Å². The van der Waals surface area contributed by atoms with E-state index in [4.69, 9.17) is 14.8 Å². The van der Waals surface area contributed by atoms with Crippen LogP contribution in [0.2, 0.25) is 0 Å². The molecule has 4 unspecified atom stereocenters. The van der Waals surface area contributed by atoms with Gasteiger partial charge in [0.15, 0.2) is 0 Å². The number of anilines is 2. The minimum atomic E-state index is -0.272. The van der Waals surface area contributed by atoms with Gasteiger partial charge < -0.3 is 19.7 Å². The summed E-state index contributed by atoms with van der Waals surface area (Å²) in [7, 11) is 1.97. The number of nitrogens with one attached hydrogen (secondary N) is 1. The van der Waals surface area contributed by atoms with E-state index in [1.54, 1.807) is 0 Å². The number of ether oxygens (including phenoxy) is 1. The summed E-state index contributed by atoms with van der Waals surface area (Å²) in [5.41, 5.74) is 2.96. The van der Waals surface area contributed by atoms with Gasteiger partial charge in [0.1, 0.15) is 5.65 Å². The van der Waals surface area contributed by atoms with Gasteiger partial charge in [0, 0.05) is 19.2 Å². The number of hydrogen-bond acceptors (Lipinski definition) is 6. The monoisotopic (exact) mass is 394 g/mol. The highest BCUT2D eigenvalue weighted by molar-refractivity contribution is 5.83. The average molecular weight is 394 g/mol. The molecule has 3 aliphatic rings. The van der Waals surface area contributed by atoms with Crippen molar-refractivity contribution in [3.05, 3.63) is 24.2 Å². The molecule has 3 aromatic rings. The Bertz CT molecular complexity index is 1080. The van der Waals surface area contributed by atoms with Gasteiger partial charge >= 0.3 is 0 Å². The van der Waals surface area contributed by atoms with Gasteiger partial charge in [0.05, 0.1) is 41.7 Å². The molecule has 0 aliphatic heterocycles. The quantitative estimate of drug-likeness (QED) is 0.668. The Morgan fingerprint density at radius 3 is 2.86 bits per heavy atom. The molecule has 3 heterocycles. The topological polar surface area (TPSA) is 90.0 Å². The first kappa shape index (κ1) is 17.3. The number of fused-ring (bicyclic) bond motifs is 2. The van der Waals surface area contributed by atoms with Gasteiger partial charge in [-0.05, 0) is 50.5 Å². The normalized spacial score (nSPS) is 28.0. The summed E-state index contributed by atoms with van der Waals surface area (Å²) in [6.45, 7) is 2.50. The molecule has 0 aromatic carbocycles. The molecule has 0 radical (unpaired) electrons. The number of nitrogens with zero attached hydrogens (tertiary/aromatic N) is 5. The smallest absolute Gasteiger partial charge is 0.232 e. The number of aliphatic hydroxyl groups excluding tert-OH is 1. The zero-order chi connectivity index (χ0) is 19.7. The van der Waals surface area contributed by atoms with E-state index in [-0.39, 0.29) is 12.1 Å². The summed E-state index contributed by atoms with van der Waals surface area (Å²) in [4.78, 5) is 9.33. The molecule has 3 saturated carbocycles. The van der Waals surface area contributed by atoms with E-state index < -0.39 is 0 Å². The van der Waals surface area contributed by atoms with Crippen molar-refractivity contribution in [2.24, 2.45) is 18.9 Å². The lowest BCUT2D eigenvalue weighted by molar-refractivity contribution is 0.105. The predicted molar refractivity (Wildman–Crippen MR) is 108 cm³/mol. The zero-order valence-electron chi connectivity index (χ0n) is 16.7. The maximum absolute atomic E-state index is 10.7. The highest BCUT2D eigenvalue weighted by Crippen LogP contribution is 2.57. The van der Waals surface area contributed by atoms with Crippen LogP contribution in [0, 0.1) is 11.8 Å². The van der Waals surface area contributed by atoms with Crippen LogP contribution in [-0.2, 0) is 7.05 Å². The van der Waals surface area contributed by atoms with Crippen LogP contribution >= 0.6 is 0 Å². The first-order chi connectivity index (χ1) is 14.1. The number of aromatic nitrogens is 5. The van der Waals surface area contributed by atoms with E-state index in [1.807, 2.05) is 37.0 Å². The van der Waals surface area contributed by atoms with Crippen molar-refractivity contribution in [1.29, 1.82) is 0 Å². The maximum atomic E-state index is 10.7. The van der Waals surface area contributed by atoms with Crippen molar-refractivity contribution >= 4 is 22.7 Å². The summed E-state index contributed by atoms with van der Waals surface area (Å²) in [6, 6.07) is 2.07. The molecule has 8 heteroatoms. The summed E-state index contributed by atoms with van der Waals surface area (Å²) >= 11 is 0. The van der Waals surface area contributed by atoms with Gasteiger partial charge in [0.25, 0.3) is 0 Å². The van der Waals surface area contributed by atoms with Crippen LogP contribution in [0.25, 0.3) is 11.0 Å². The summed E-state index contributed by atoms with van der Waals surface area (Å²) in [6.07, 6.45) is 8.09. The summed E-state index contributed by atoms with van der Waals surface area (Å²) < 4.78 is 9.81. The summed E-state index contributed by atoms with van der Waals surface area (Å²) in [5.74, 6) is 2.75. The fourth-order valence-electron chi connectivity index (χ4n) is 4.97. The largest absolute Gasteiger partial charge is 0.477 e. The van der Waals surface area contributed by atoms with Crippen LogP contribution < -0.4 is 10.1 Å². The maximum Gasteiger partial charge on any atom is 0.232 e. The standard InChI is InChI=1S/C21H26N6O2/c1-3-29-20-13-6-7-26(2)19(13)24-21(25-20)23-15-10-22-27(17(15)11-4-5-11)16-9-12-8-14(12)18(16)28/h6-7,10-12,14,16,18,28H,3-5,8-9H2,1-2H3,(H,23,24,25). The van der Waals surface area contributed by atoms with Gasteiger partial charge in [-0.2, -0.15) is 15.1 Å². The Morgan fingerprint density at radius 1 is 1.28 bits per heavy atom. The zero-order valence-corrected chi connectivity index (χ0v) is 16.7. The highest BCUT2D eigenvalue weighted by Gasteiger charge is 2.54. The molecule has 3 aromatic heterocycles. The van der Waals surface area contributed by atoms with Crippen molar-refractivity contribution in [2.75, 3.05) is 11.9 Å². The predicted octanol–water partition coefficient (Wildman–Crippen LogP) is 3.13. The van der Waals surface area contributed by atoms with Gasteiger partial charge in [-0.25, -0.2) is 0 Å². The molecule has 2 N–H and O–H groups in total. The number of aryl methyl sites for hydroxylation is 1. The Kier molecular flexibility index (Phi) is 3.69. The van der Waals surface area contributed by atoms with E-state index in [2.05, 4.69) is 15.0 Å². The molecule has 3 aliphatic carbocycles. The second-order valence-electron chi connectivity index (χ2n) is 8.69. The molecule has 0 bridgehead atoms. The Balaban J connectivity index is 1.37. The lowest BCUT2D eigenvalue weighted by Crippen LogP contribution is -2.24. The van der Waals surface area contributed by atoms with E-state index in [9.17, 15) is 5.11 Å². The molecule has 8 nitrogen and oxygen atoms in total. The van der Waals surface area contributed by atoms with Gasteiger partial charge in [-0.3, -0.25) is 4.68 Å². The number of aliphatic hydroxyl groups is 1. The molecule has 6 rings (SSSR count). The SMILES string of the molecule is CCOc1nc(Nc2cnn(C3CC4CC4C3O)c2C2CC2)nc2c1ccn2C. The van der Waals surface area contributed by atoms with E-state index in [0.717, 1.165) is 36.0 Å². The minimum Gasteiger partial charge on any atom is -0.477 e. The fraction of sp³-hybridized carbons (Fsp3) is 0.571. The average Bonchev–Trinajstić information content (AvgIpc) is 3.60. The Morgan fingerprint density at radius 2 is 2.14 bits per heavy atom. The van der Waals surface area contributed by atoms with Crippen LogP contribution in [0.5, 0.6) is 5.88 Å². The van der Waals surface area contributed by atoms with Crippen molar-refractivity contribution < 1.29 is 9.84 Å². The number of hydrogen-bond donors (Lipinski definition) is 2. The lowest BCUT2D eigenvalue weighted by atomic mass is 10.1. The van der Waals surface area contributed by atoms with Crippen LogP contribution in [0.1, 0.15) is 50.3 Å². The third-order valence-electron chi connectivity index (χ3n) is 6.68. The molecule has 0 spiro atoms. The third kappa shape index (κ3) is 2.73. The van der Waals surface area contributed by atoms with Crippen LogP contribution in [0.15, 0.2) is 18.5 Å². The lowest BCUT2D eigenvalue weighted by Gasteiger charge is -2.21. The summed E-state index contributed by atoms with van der Waals surface area (Å²) in [5, 5.41) is 19.7. The number of rotatable bonds is 6. The first-order valence-corrected chi connectivity index (χ1v) is 10.6. The molecule has 29 heavy (non-hydrogen) atoms. The second-order valence-corrected chi connectivity index (χ2v) is 8.69.